The third-order valence-corrected chi connectivity index (χ3v) is 2.81. The van der Waals surface area contributed by atoms with E-state index in [0.717, 1.165) is 0 Å². The van der Waals surface area contributed by atoms with Crippen LogP contribution >= 0.6 is 0 Å². The highest BCUT2D eigenvalue weighted by Gasteiger charge is 2.23. The van der Waals surface area contributed by atoms with Gasteiger partial charge in [0.05, 0.1) is 21.2 Å². The van der Waals surface area contributed by atoms with E-state index in [0.29, 0.717) is 11.5 Å². The number of methoxy groups -OCH3 is 1. The second-order valence-corrected chi connectivity index (χ2v) is 4.82. The lowest BCUT2D eigenvalue weighted by atomic mass is 10.2. The predicted molar refractivity (Wildman–Crippen MR) is 82.9 cm³/mol. The van der Waals surface area contributed by atoms with Gasteiger partial charge in [-0.15, -0.1) is 0 Å². The molecular formula is C16H17FN3O3+. The number of aromatic nitrogens is 1. The molecule has 7 heteroatoms. The van der Waals surface area contributed by atoms with Gasteiger partial charge in [0.2, 0.25) is 12.2 Å². The molecule has 0 radical (unpaired) electrons. The number of carbonyl (C=O) groups excluding carboxylic acids is 1. The highest BCUT2D eigenvalue weighted by atomic mass is 19.1. The van der Waals surface area contributed by atoms with Crippen molar-refractivity contribution in [2.75, 3.05) is 21.2 Å². The molecule has 0 unspecified atom stereocenters. The Balaban J connectivity index is 2.37. The summed E-state index contributed by atoms with van der Waals surface area (Å²) in [4.78, 5) is 16.4. The van der Waals surface area contributed by atoms with Crippen molar-refractivity contribution in [2.45, 2.75) is 0 Å². The van der Waals surface area contributed by atoms with Crippen molar-refractivity contribution in [3.63, 3.8) is 0 Å². The van der Waals surface area contributed by atoms with Crippen LogP contribution in [-0.4, -0.2) is 43.0 Å². The van der Waals surface area contributed by atoms with Crippen LogP contribution < -0.4 is 14.8 Å². The number of halogens is 1. The summed E-state index contributed by atoms with van der Waals surface area (Å²) in [6.07, 6.45) is 2.96. The standard InChI is InChI=1S/C16H16FN3O3/c1-20(2)10-19-15(21)14-13(22-3)8-9-18-16(14)23-12-6-4-11(17)5-7-12/h4-10H,1-3H3/p+1. The number of nitrogens with one attached hydrogen (secondary N) is 1. The van der Waals surface area contributed by atoms with Crippen molar-refractivity contribution in [1.82, 2.24) is 10.3 Å². The Hall–Kier alpha value is -2.96. The van der Waals surface area contributed by atoms with Crippen molar-refractivity contribution in [3.05, 3.63) is 47.9 Å². The minimum absolute atomic E-state index is 0.0700. The van der Waals surface area contributed by atoms with Gasteiger partial charge in [-0.3, -0.25) is 4.58 Å². The average molecular weight is 318 g/mol. The Labute approximate surface area is 133 Å². The minimum atomic E-state index is -0.430. The molecule has 1 heterocycles. The first-order valence-corrected chi connectivity index (χ1v) is 6.78. The number of nitrogens with zero attached hydrogens (tertiary/aromatic N) is 2. The van der Waals surface area contributed by atoms with Crippen LogP contribution in [-0.2, 0) is 0 Å². The van der Waals surface area contributed by atoms with Gasteiger partial charge in [-0.25, -0.2) is 19.5 Å². The smallest absolute Gasteiger partial charge is 0.347 e. The van der Waals surface area contributed by atoms with Gasteiger partial charge in [0, 0.05) is 6.20 Å². The topological polar surface area (TPSA) is 63.5 Å². The van der Waals surface area contributed by atoms with Crippen molar-refractivity contribution in [2.24, 2.45) is 0 Å². The zero-order valence-corrected chi connectivity index (χ0v) is 13.0. The molecule has 2 aromatic rings. The van der Waals surface area contributed by atoms with E-state index >= 15 is 0 Å². The summed E-state index contributed by atoms with van der Waals surface area (Å²) in [5.74, 6) is -0.0598. The van der Waals surface area contributed by atoms with Crippen molar-refractivity contribution >= 4 is 12.2 Å². The molecule has 23 heavy (non-hydrogen) atoms. The Bertz CT molecular complexity index is 726. The quantitative estimate of drug-likeness (QED) is 0.521. The van der Waals surface area contributed by atoms with Crippen LogP contribution in [0.4, 0.5) is 4.39 Å². The second-order valence-electron chi connectivity index (χ2n) is 4.82. The minimum Gasteiger partial charge on any atom is -0.496 e. The maximum atomic E-state index is 13.0. The van der Waals surface area contributed by atoms with Crippen LogP contribution in [0.3, 0.4) is 0 Å². The fraction of sp³-hybridized carbons (Fsp3) is 0.188. The van der Waals surface area contributed by atoms with E-state index < -0.39 is 5.91 Å². The van der Waals surface area contributed by atoms with Gasteiger partial charge >= 0.3 is 5.91 Å². The first-order chi connectivity index (χ1) is 11.0. The Kier molecular flexibility index (Phi) is 5.24. The molecule has 1 aromatic heterocycles. The molecule has 120 valence electrons. The van der Waals surface area contributed by atoms with Crippen molar-refractivity contribution < 1.29 is 23.2 Å². The molecular weight excluding hydrogens is 301 g/mol. The molecule has 0 atom stereocenters. The Morgan fingerprint density at radius 3 is 2.57 bits per heavy atom. The third-order valence-electron chi connectivity index (χ3n) is 2.81. The fourth-order valence-electron chi connectivity index (χ4n) is 1.76. The number of hydrogen-bond donors (Lipinski definition) is 1. The highest BCUT2D eigenvalue weighted by molar-refractivity contribution is 6.03. The molecule has 0 spiro atoms. The van der Waals surface area contributed by atoms with E-state index in [1.165, 1.54) is 43.9 Å². The molecule has 0 saturated carbocycles. The summed E-state index contributed by atoms with van der Waals surface area (Å²) >= 11 is 0. The van der Waals surface area contributed by atoms with Crippen molar-refractivity contribution in [3.8, 4) is 17.4 Å². The van der Waals surface area contributed by atoms with Gasteiger partial charge in [-0.2, -0.15) is 0 Å². The summed E-state index contributed by atoms with van der Waals surface area (Å²) in [7, 11) is 5.00. The van der Waals surface area contributed by atoms with E-state index in [1.807, 2.05) is 0 Å². The normalized spacial score (nSPS) is 9.91. The molecule has 6 nitrogen and oxygen atoms in total. The zero-order chi connectivity index (χ0) is 16.8. The molecule has 2 rings (SSSR count). The molecule has 0 saturated heterocycles. The first-order valence-electron chi connectivity index (χ1n) is 6.78. The van der Waals surface area contributed by atoms with E-state index in [-0.39, 0.29) is 17.3 Å². The molecule has 0 aliphatic rings. The largest absolute Gasteiger partial charge is 0.496 e. The Morgan fingerprint density at radius 1 is 1.26 bits per heavy atom. The van der Waals surface area contributed by atoms with Crippen molar-refractivity contribution in [1.29, 1.82) is 0 Å². The fourth-order valence-corrected chi connectivity index (χ4v) is 1.76. The molecule has 1 aromatic carbocycles. The maximum absolute atomic E-state index is 13.0. The van der Waals surface area contributed by atoms with Crippen LogP contribution in [0.2, 0.25) is 0 Å². The number of benzene rings is 1. The van der Waals surface area contributed by atoms with E-state index in [9.17, 15) is 9.18 Å². The summed E-state index contributed by atoms with van der Waals surface area (Å²) < 4.78 is 25.4. The summed E-state index contributed by atoms with van der Waals surface area (Å²) in [5, 5.41) is 2.61. The van der Waals surface area contributed by atoms with Gasteiger partial charge in [0.15, 0.2) is 5.56 Å². The maximum Gasteiger partial charge on any atom is 0.347 e. The average Bonchev–Trinajstić information content (AvgIpc) is 2.54. The van der Waals surface area contributed by atoms with Gasteiger partial charge in [-0.05, 0) is 30.3 Å². The molecule has 1 N–H and O–H groups in total. The lowest BCUT2D eigenvalue weighted by Gasteiger charge is -2.11. The van der Waals surface area contributed by atoms with Gasteiger partial charge in [0.25, 0.3) is 0 Å². The van der Waals surface area contributed by atoms with E-state index in [4.69, 9.17) is 9.47 Å². The summed E-state index contributed by atoms with van der Waals surface area (Å²) in [5.41, 5.74) is 0.150. The molecule has 0 bridgehead atoms. The zero-order valence-electron chi connectivity index (χ0n) is 13.0. The van der Waals surface area contributed by atoms with Crippen LogP contribution in [0.15, 0.2) is 36.5 Å². The molecule has 0 aliphatic carbocycles. The molecule has 0 fully saturated rings. The van der Waals surface area contributed by atoms with Crippen LogP contribution in [0.25, 0.3) is 0 Å². The number of hydrogen-bond acceptors (Lipinski definition) is 4. The molecule has 1 amide bonds. The third kappa shape index (κ3) is 4.26. The number of amides is 1. The van der Waals surface area contributed by atoms with Crippen LogP contribution in [0, 0.1) is 5.82 Å². The van der Waals surface area contributed by atoms with Gasteiger partial charge < -0.3 is 9.47 Å². The lowest BCUT2D eigenvalue weighted by Crippen LogP contribution is -2.26. The number of rotatable bonds is 5. The second kappa shape index (κ2) is 7.35. The van der Waals surface area contributed by atoms with E-state index in [1.54, 1.807) is 24.7 Å². The number of ether oxygens (including phenoxy) is 2. The van der Waals surface area contributed by atoms with Gasteiger partial charge in [-0.1, -0.05) is 0 Å². The van der Waals surface area contributed by atoms with Crippen LogP contribution in [0.5, 0.6) is 17.4 Å². The summed E-state index contributed by atoms with van der Waals surface area (Å²) in [6, 6.07) is 6.97. The predicted octanol–water partition coefficient (Wildman–Crippen LogP) is 2.05. The lowest BCUT2D eigenvalue weighted by molar-refractivity contribution is -0.461. The van der Waals surface area contributed by atoms with Gasteiger partial charge in [0.1, 0.15) is 17.3 Å². The SMILES string of the molecule is COc1ccnc(Oc2ccc(F)cc2)c1C(=O)NC=[N+](C)C. The monoisotopic (exact) mass is 318 g/mol. The molecule has 0 aliphatic heterocycles. The van der Waals surface area contributed by atoms with E-state index in [2.05, 4.69) is 10.3 Å². The Morgan fingerprint density at radius 2 is 1.96 bits per heavy atom. The van der Waals surface area contributed by atoms with Crippen LogP contribution in [0.1, 0.15) is 10.4 Å². The first kappa shape index (κ1) is 16.4. The number of carbonyl (C=O) groups is 1. The summed E-state index contributed by atoms with van der Waals surface area (Å²) in [6.45, 7) is 0. The number of pyridine rings is 1. The highest BCUT2D eigenvalue weighted by Crippen LogP contribution is 2.29.